The van der Waals surface area contributed by atoms with Gasteiger partial charge in [0.15, 0.2) is 0 Å². The number of rotatable bonds is 6. The molecule has 0 unspecified atom stereocenters. The molecule has 0 aromatic heterocycles. The lowest BCUT2D eigenvalue weighted by atomic mass is 10.1. The highest BCUT2D eigenvalue weighted by Crippen LogP contribution is 2.27. The number of hydrogen-bond acceptors (Lipinski definition) is 3. The highest BCUT2D eigenvalue weighted by molar-refractivity contribution is 5.58. The molecule has 0 fully saturated rings. The second-order valence-electron chi connectivity index (χ2n) is 4.38. The van der Waals surface area contributed by atoms with E-state index in [1.54, 1.807) is 7.11 Å². The Bertz CT molecular complexity index is 363. The number of methoxy groups -OCH3 is 1. The molecule has 1 aromatic rings. The lowest BCUT2D eigenvalue weighted by Crippen LogP contribution is -2.29. The zero-order valence-electron chi connectivity index (χ0n) is 11.6. The maximum absolute atomic E-state index is 5.33. The van der Waals surface area contributed by atoms with Crippen LogP contribution >= 0.6 is 0 Å². The molecule has 0 aliphatic carbocycles. The van der Waals surface area contributed by atoms with Gasteiger partial charge < -0.3 is 15.0 Å². The molecule has 3 heteroatoms. The highest BCUT2D eigenvalue weighted by atomic mass is 16.5. The Labute approximate surface area is 105 Å². The summed E-state index contributed by atoms with van der Waals surface area (Å²) in [7, 11) is 3.85. The van der Waals surface area contributed by atoms with E-state index in [0.717, 1.165) is 25.4 Å². The van der Waals surface area contributed by atoms with Crippen molar-refractivity contribution in [3.63, 3.8) is 0 Å². The van der Waals surface area contributed by atoms with Gasteiger partial charge in [0.2, 0.25) is 0 Å². The van der Waals surface area contributed by atoms with E-state index < -0.39 is 0 Å². The number of hydrogen-bond donors (Lipinski definition) is 1. The van der Waals surface area contributed by atoms with Crippen LogP contribution in [0.15, 0.2) is 12.1 Å². The summed E-state index contributed by atoms with van der Waals surface area (Å²) in [6.07, 6.45) is 0. The molecule has 0 radical (unpaired) electrons. The van der Waals surface area contributed by atoms with Gasteiger partial charge in [-0.1, -0.05) is 6.92 Å². The van der Waals surface area contributed by atoms with E-state index >= 15 is 0 Å². The fourth-order valence-electron chi connectivity index (χ4n) is 1.95. The number of nitrogens with zero attached hydrogens (tertiary/aromatic N) is 1. The lowest BCUT2D eigenvalue weighted by molar-refractivity contribution is 0.411. The Morgan fingerprint density at radius 1 is 1.24 bits per heavy atom. The molecule has 1 rings (SSSR count). The minimum absolute atomic E-state index is 0.964. The SMILES string of the molecule is CCNCCN(C)c1cc(C)c(OC)cc1C. The van der Waals surface area contributed by atoms with Gasteiger partial charge in [0.1, 0.15) is 5.75 Å². The minimum Gasteiger partial charge on any atom is -0.496 e. The van der Waals surface area contributed by atoms with Crippen molar-refractivity contribution in [3.05, 3.63) is 23.3 Å². The fraction of sp³-hybridized carbons (Fsp3) is 0.571. The van der Waals surface area contributed by atoms with Crippen LogP contribution in [0.4, 0.5) is 5.69 Å². The smallest absolute Gasteiger partial charge is 0.122 e. The molecule has 0 spiro atoms. The predicted molar refractivity (Wildman–Crippen MR) is 74.3 cm³/mol. The standard InChI is InChI=1S/C14H24N2O/c1-6-15-7-8-16(4)13-9-12(3)14(17-5)10-11(13)2/h9-10,15H,6-8H2,1-5H3. The number of aryl methyl sites for hydroxylation is 2. The minimum atomic E-state index is 0.964. The van der Waals surface area contributed by atoms with Gasteiger partial charge in [0.25, 0.3) is 0 Å². The molecule has 0 aliphatic heterocycles. The van der Waals surface area contributed by atoms with Crippen molar-refractivity contribution in [2.75, 3.05) is 38.7 Å². The van der Waals surface area contributed by atoms with Gasteiger partial charge in [-0.2, -0.15) is 0 Å². The summed E-state index contributed by atoms with van der Waals surface area (Å²) < 4.78 is 5.33. The van der Waals surface area contributed by atoms with Gasteiger partial charge in [-0.25, -0.2) is 0 Å². The summed E-state index contributed by atoms with van der Waals surface area (Å²) in [4.78, 5) is 2.28. The van der Waals surface area contributed by atoms with E-state index in [9.17, 15) is 0 Å². The summed E-state index contributed by atoms with van der Waals surface area (Å²) in [5.41, 5.74) is 3.72. The maximum Gasteiger partial charge on any atom is 0.122 e. The largest absolute Gasteiger partial charge is 0.496 e. The van der Waals surface area contributed by atoms with Crippen LogP contribution in [-0.4, -0.2) is 33.8 Å². The Morgan fingerprint density at radius 3 is 2.53 bits per heavy atom. The van der Waals surface area contributed by atoms with Crippen molar-refractivity contribution in [3.8, 4) is 5.75 Å². The van der Waals surface area contributed by atoms with Crippen LogP contribution in [0.25, 0.3) is 0 Å². The Hall–Kier alpha value is -1.22. The maximum atomic E-state index is 5.33. The summed E-state index contributed by atoms with van der Waals surface area (Å²) in [6.45, 7) is 9.39. The molecule has 0 heterocycles. The van der Waals surface area contributed by atoms with Crippen molar-refractivity contribution in [1.82, 2.24) is 5.32 Å². The van der Waals surface area contributed by atoms with Crippen LogP contribution in [0.5, 0.6) is 5.75 Å². The molecule has 0 bridgehead atoms. The van der Waals surface area contributed by atoms with Gasteiger partial charge >= 0.3 is 0 Å². The van der Waals surface area contributed by atoms with Crippen LogP contribution < -0.4 is 15.0 Å². The van der Waals surface area contributed by atoms with Gasteiger partial charge in [-0.3, -0.25) is 0 Å². The van der Waals surface area contributed by atoms with E-state index in [1.807, 2.05) is 0 Å². The van der Waals surface area contributed by atoms with Crippen molar-refractivity contribution >= 4 is 5.69 Å². The third kappa shape index (κ3) is 3.63. The number of nitrogens with one attached hydrogen (secondary N) is 1. The predicted octanol–water partition coefficient (Wildman–Crippen LogP) is 2.36. The van der Waals surface area contributed by atoms with Gasteiger partial charge in [0, 0.05) is 25.8 Å². The van der Waals surface area contributed by atoms with Crippen LogP contribution in [-0.2, 0) is 0 Å². The molecule has 0 amide bonds. The molecular formula is C14H24N2O. The van der Waals surface area contributed by atoms with Crippen LogP contribution in [0, 0.1) is 13.8 Å². The monoisotopic (exact) mass is 236 g/mol. The molecule has 1 N–H and O–H groups in total. The van der Waals surface area contributed by atoms with Gasteiger partial charge in [0.05, 0.1) is 7.11 Å². The Balaban J connectivity index is 2.79. The average Bonchev–Trinajstić information content (AvgIpc) is 2.31. The Morgan fingerprint density at radius 2 is 1.94 bits per heavy atom. The normalized spacial score (nSPS) is 10.4. The molecule has 0 atom stereocenters. The molecule has 17 heavy (non-hydrogen) atoms. The van der Waals surface area contributed by atoms with E-state index in [-0.39, 0.29) is 0 Å². The highest BCUT2D eigenvalue weighted by Gasteiger charge is 2.08. The summed E-state index contributed by atoms with van der Waals surface area (Å²) in [5.74, 6) is 0.964. The van der Waals surface area contributed by atoms with Crippen molar-refractivity contribution < 1.29 is 4.74 Å². The third-order valence-electron chi connectivity index (χ3n) is 3.00. The molecule has 0 aliphatic rings. The fourth-order valence-corrected chi connectivity index (χ4v) is 1.95. The summed E-state index contributed by atoms with van der Waals surface area (Å²) in [6, 6.07) is 4.30. The first-order valence-corrected chi connectivity index (χ1v) is 6.17. The van der Waals surface area contributed by atoms with Gasteiger partial charge in [-0.05, 0) is 43.7 Å². The summed E-state index contributed by atoms with van der Waals surface area (Å²) in [5, 5.41) is 3.34. The van der Waals surface area contributed by atoms with E-state index in [4.69, 9.17) is 4.74 Å². The van der Waals surface area contributed by atoms with E-state index in [1.165, 1.54) is 16.8 Å². The molecule has 1 aromatic carbocycles. The topological polar surface area (TPSA) is 24.5 Å². The van der Waals surface area contributed by atoms with E-state index in [0.29, 0.717) is 0 Å². The quantitative estimate of drug-likeness (QED) is 0.767. The second kappa shape index (κ2) is 6.50. The van der Waals surface area contributed by atoms with Crippen molar-refractivity contribution in [1.29, 1.82) is 0 Å². The van der Waals surface area contributed by atoms with Crippen LogP contribution in [0.1, 0.15) is 18.1 Å². The number of benzene rings is 1. The molecular weight excluding hydrogens is 212 g/mol. The Kier molecular flexibility index (Phi) is 5.29. The van der Waals surface area contributed by atoms with E-state index in [2.05, 4.69) is 50.2 Å². The van der Waals surface area contributed by atoms with Crippen molar-refractivity contribution in [2.24, 2.45) is 0 Å². The number of likely N-dealkylation sites (N-methyl/N-ethyl adjacent to an activating group) is 2. The zero-order chi connectivity index (χ0) is 12.8. The number of ether oxygens (including phenoxy) is 1. The van der Waals surface area contributed by atoms with Crippen LogP contribution in [0.2, 0.25) is 0 Å². The lowest BCUT2D eigenvalue weighted by Gasteiger charge is -2.23. The second-order valence-corrected chi connectivity index (χ2v) is 4.38. The first kappa shape index (κ1) is 13.8. The zero-order valence-corrected chi connectivity index (χ0v) is 11.6. The van der Waals surface area contributed by atoms with Gasteiger partial charge in [-0.15, -0.1) is 0 Å². The average molecular weight is 236 g/mol. The van der Waals surface area contributed by atoms with Crippen LogP contribution in [0.3, 0.4) is 0 Å². The molecule has 96 valence electrons. The molecule has 3 nitrogen and oxygen atoms in total. The van der Waals surface area contributed by atoms with Crippen molar-refractivity contribution in [2.45, 2.75) is 20.8 Å². The molecule has 0 saturated carbocycles. The summed E-state index contributed by atoms with van der Waals surface area (Å²) >= 11 is 0. The number of anilines is 1. The molecule has 0 saturated heterocycles. The first-order chi connectivity index (χ1) is 8.10. The first-order valence-electron chi connectivity index (χ1n) is 6.17. The third-order valence-corrected chi connectivity index (χ3v) is 3.00.